The number of amides is 4. The molecule has 4 aromatic carbocycles. The number of carbonyl (C=O) groups is 3. The van der Waals surface area contributed by atoms with Gasteiger partial charge in [-0.2, -0.15) is 0 Å². The quantitative estimate of drug-likeness (QED) is 0.186. The van der Waals surface area contributed by atoms with Gasteiger partial charge in [0, 0.05) is 40.6 Å². The molecule has 3 aliphatic heterocycles. The molecule has 44 heavy (non-hydrogen) atoms. The van der Waals surface area contributed by atoms with Crippen molar-refractivity contribution in [2.75, 3.05) is 30.0 Å². The Morgan fingerprint density at radius 1 is 0.818 bits per heavy atom. The van der Waals surface area contributed by atoms with Gasteiger partial charge in [0.1, 0.15) is 11.3 Å². The van der Waals surface area contributed by atoms with Crippen LogP contribution in [0.3, 0.4) is 0 Å². The summed E-state index contributed by atoms with van der Waals surface area (Å²) in [5, 5.41) is 2.40. The molecule has 220 valence electrons. The van der Waals surface area contributed by atoms with E-state index in [0.717, 1.165) is 46.4 Å². The Morgan fingerprint density at radius 2 is 1.41 bits per heavy atom. The molecule has 0 unspecified atom stereocenters. The van der Waals surface area contributed by atoms with E-state index < -0.39 is 17.8 Å². The summed E-state index contributed by atoms with van der Waals surface area (Å²) in [5.74, 6) is -0.723. The van der Waals surface area contributed by atoms with Crippen LogP contribution < -0.4 is 19.9 Å². The van der Waals surface area contributed by atoms with Crippen molar-refractivity contribution in [3.05, 3.63) is 129 Å². The first-order valence-corrected chi connectivity index (χ1v) is 15.5. The van der Waals surface area contributed by atoms with E-state index in [4.69, 9.17) is 4.74 Å². The molecule has 4 amide bonds. The minimum Gasteiger partial charge on any atom is -0.496 e. The number of benzene rings is 4. The van der Waals surface area contributed by atoms with Gasteiger partial charge in [-0.1, -0.05) is 76.6 Å². The van der Waals surface area contributed by atoms with E-state index in [1.807, 2.05) is 54.6 Å². The van der Waals surface area contributed by atoms with Gasteiger partial charge in [0.2, 0.25) is 0 Å². The van der Waals surface area contributed by atoms with Crippen molar-refractivity contribution in [1.29, 1.82) is 0 Å². The molecule has 0 saturated carbocycles. The number of hydrogen-bond acceptors (Lipinski definition) is 5. The number of hydrogen-bond donors (Lipinski definition) is 1. The Bertz CT molecular complexity index is 1750. The zero-order valence-corrected chi connectivity index (χ0v) is 25.7. The Kier molecular flexibility index (Phi) is 7.30. The van der Waals surface area contributed by atoms with Gasteiger partial charge in [-0.15, -0.1) is 0 Å². The zero-order chi connectivity index (χ0) is 30.4. The number of imide groups is 2. The van der Waals surface area contributed by atoms with Gasteiger partial charge in [-0.3, -0.25) is 14.9 Å². The van der Waals surface area contributed by atoms with Crippen molar-refractivity contribution in [2.24, 2.45) is 0 Å². The predicted molar refractivity (Wildman–Crippen MR) is 174 cm³/mol. The first-order valence-electron chi connectivity index (χ1n) is 14.7. The molecule has 7 nitrogen and oxygen atoms in total. The lowest BCUT2D eigenvalue weighted by atomic mass is 9.76. The average Bonchev–Trinajstić information content (AvgIpc) is 3.04. The summed E-state index contributed by atoms with van der Waals surface area (Å²) in [6, 6.07) is 29.3. The van der Waals surface area contributed by atoms with Gasteiger partial charge >= 0.3 is 6.03 Å². The summed E-state index contributed by atoms with van der Waals surface area (Å²) in [6.07, 6.45) is 3.31. The number of halogens is 1. The maximum absolute atomic E-state index is 14.1. The normalized spacial score (nSPS) is 20.4. The van der Waals surface area contributed by atoms with Crippen LogP contribution in [0.25, 0.3) is 6.08 Å². The van der Waals surface area contributed by atoms with Crippen LogP contribution >= 0.6 is 15.9 Å². The first-order chi connectivity index (χ1) is 21.4. The monoisotopic (exact) mass is 647 g/mol. The maximum atomic E-state index is 14.1. The number of rotatable bonds is 5. The summed E-state index contributed by atoms with van der Waals surface area (Å²) in [6.45, 7) is 1.86. The van der Waals surface area contributed by atoms with Gasteiger partial charge in [0.25, 0.3) is 11.8 Å². The lowest BCUT2D eigenvalue weighted by Crippen LogP contribution is -2.54. The number of nitrogens with one attached hydrogen (secondary N) is 1. The topological polar surface area (TPSA) is 79.0 Å². The summed E-state index contributed by atoms with van der Waals surface area (Å²) >= 11 is 3.45. The third kappa shape index (κ3) is 4.89. The smallest absolute Gasteiger partial charge is 0.335 e. The average molecular weight is 649 g/mol. The summed E-state index contributed by atoms with van der Waals surface area (Å²) in [4.78, 5) is 44.1. The molecule has 3 aliphatic rings. The molecule has 0 radical (unpaired) electrons. The van der Waals surface area contributed by atoms with Gasteiger partial charge in [0.05, 0.1) is 12.8 Å². The molecule has 0 spiro atoms. The van der Waals surface area contributed by atoms with Gasteiger partial charge in [0.15, 0.2) is 0 Å². The molecule has 0 bridgehead atoms. The van der Waals surface area contributed by atoms with Crippen molar-refractivity contribution < 1.29 is 19.1 Å². The van der Waals surface area contributed by atoms with Crippen molar-refractivity contribution in [2.45, 2.75) is 24.7 Å². The molecule has 0 aliphatic carbocycles. The van der Waals surface area contributed by atoms with E-state index in [2.05, 4.69) is 50.4 Å². The standard InChI is InChI=1S/C36H30BrN3O4/c1-44-32-13-12-25(37)18-24(32)19-31-34(41)38-36(43)40(35(31)42)26-20-29-27(22-8-4-2-5-9-22)14-16-39-17-15-28(30(21-26)33(29)39)23-10-6-3-7-11-23/h2-13,18-21,27-28H,14-17H2,1H3,(H,38,41,43)/b31-19+/t27-,28+. The third-order valence-corrected chi connectivity index (χ3v) is 9.34. The first kappa shape index (κ1) is 28.1. The van der Waals surface area contributed by atoms with E-state index in [1.54, 1.807) is 12.1 Å². The van der Waals surface area contributed by atoms with E-state index in [0.29, 0.717) is 17.0 Å². The highest BCUT2D eigenvalue weighted by Crippen LogP contribution is 2.50. The second-order valence-corrected chi connectivity index (χ2v) is 12.2. The third-order valence-electron chi connectivity index (χ3n) is 8.85. The van der Waals surface area contributed by atoms with Crippen LogP contribution in [-0.2, 0) is 9.59 Å². The minimum absolute atomic E-state index is 0.0983. The molecule has 1 saturated heterocycles. The van der Waals surface area contributed by atoms with E-state index in [1.165, 1.54) is 30.0 Å². The largest absolute Gasteiger partial charge is 0.496 e. The Balaban J connectivity index is 1.40. The van der Waals surface area contributed by atoms with Crippen LogP contribution in [0.4, 0.5) is 16.2 Å². The van der Waals surface area contributed by atoms with Crippen molar-refractivity contribution in [1.82, 2.24) is 5.32 Å². The van der Waals surface area contributed by atoms with Crippen LogP contribution in [0.2, 0.25) is 0 Å². The zero-order valence-electron chi connectivity index (χ0n) is 24.1. The van der Waals surface area contributed by atoms with Gasteiger partial charge in [-0.25, -0.2) is 9.69 Å². The maximum Gasteiger partial charge on any atom is 0.335 e. The van der Waals surface area contributed by atoms with Crippen LogP contribution in [0, 0.1) is 0 Å². The second-order valence-electron chi connectivity index (χ2n) is 11.3. The minimum atomic E-state index is -0.762. The molecule has 7 rings (SSSR count). The highest BCUT2D eigenvalue weighted by atomic mass is 79.9. The highest BCUT2D eigenvalue weighted by molar-refractivity contribution is 9.10. The molecular formula is C36H30BrN3O4. The number of barbiturate groups is 1. The predicted octanol–water partition coefficient (Wildman–Crippen LogP) is 7.00. The second kappa shape index (κ2) is 11.4. The van der Waals surface area contributed by atoms with Crippen LogP contribution in [0.15, 0.2) is 101 Å². The van der Waals surface area contributed by atoms with Gasteiger partial charge < -0.3 is 9.64 Å². The number of nitrogens with zero attached hydrogens (tertiary/aromatic N) is 2. The van der Waals surface area contributed by atoms with Crippen molar-refractivity contribution >= 4 is 51.2 Å². The molecular weight excluding hydrogens is 618 g/mol. The number of carbonyl (C=O) groups excluding carboxylic acids is 3. The fourth-order valence-corrected chi connectivity index (χ4v) is 7.21. The van der Waals surface area contributed by atoms with Crippen LogP contribution in [0.5, 0.6) is 5.75 Å². The molecule has 1 N–H and O–H groups in total. The molecule has 4 aromatic rings. The molecule has 3 heterocycles. The Labute approximate surface area is 264 Å². The lowest BCUT2D eigenvalue weighted by molar-refractivity contribution is -0.122. The van der Waals surface area contributed by atoms with Crippen molar-refractivity contribution in [3.63, 3.8) is 0 Å². The number of anilines is 2. The number of methoxy groups -OCH3 is 1. The van der Waals surface area contributed by atoms with E-state index in [-0.39, 0.29) is 17.4 Å². The fraction of sp³-hybridized carbons (Fsp3) is 0.194. The Morgan fingerprint density at radius 3 is 1.98 bits per heavy atom. The van der Waals surface area contributed by atoms with Gasteiger partial charge in [-0.05, 0) is 71.5 Å². The van der Waals surface area contributed by atoms with E-state index in [9.17, 15) is 14.4 Å². The Hall–Kier alpha value is -4.69. The molecule has 0 aromatic heterocycles. The highest BCUT2D eigenvalue weighted by Gasteiger charge is 2.40. The van der Waals surface area contributed by atoms with E-state index >= 15 is 0 Å². The number of ether oxygens (including phenoxy) is 1. The number of urea groups is 1. The van der Waals surface area contributed by atoms with Crippen molar-refractivity contribution in [3.8, 4) is 5.75 Å². The summed E-state index contributed by atoms with van der Waals surface area (Å²) < 4.78 is 6.23. The lowest BCUT2D eigenvalue weighted by Gasteiger charge is -2.44. The summed E-state index contributed by atoms with van der Waals surface area (Å²) in [7, 11) is 1.53. The summed E-state index contributed by atoms with van der Waals surface area (Å²) in [5.41, 5.74) is 6.60. The fourth-order valence-electron chi connectivity index (χ4n) is 6.83. The van der Waals surface area contributed by atoms with Crippen LogP contribution in [-0.4, -0.2) is 38.0 Å². The molecule has 8 heteroatoms. The SMILES string of the molecule is COc1ccc(Br)cc1/C=C1\C(=O)NC(=O)N(c2cc3c4c(c2)[C@H](c2ccccc2)CCN4CC[C@@H]3c2ccccc2)C1=O. The molecule has 2 atom stereocenters. The molecule has 1 fully saturated rings. The van der Waals surface area contributed by atoms with Crippen LogP contribution in [0.1, 0.15) is 52.5 Å².